The van der Waals surface area contributed by atoms with Crippen molar-refractivity contribution in [3.8, 4) is 0 Å². The van der Waals surface area contributed by atoms with Crippen LogP contribution in [-0.4, -0.2) is 13.7 Å². The average Bonchev–Trinajstić information content (AvgIpc) is 2.03. The third kappa shape index (κ3) is 0.983. The molecule has 3 rings (SSSR count). The summed E-state index contributed by atoms with van der Waals surface area (Å²) in [6.45, 7) is 4.74. The van der Waals surface area contributed by atoms with Crippen molar-refractivity contribution in [1.82, 2.24) is 0 Å². The first-order valence-corrected chi connectivity index (χ1v) is 5.42. The van der Waals surface area contributed by atoms with E-state index in [-0.39, 0.29) is 0 Å². The van der Waals surface area contributed by atoms with Gasteiger partial charge in [-0.05, 0) is 29.6 Å². The van der Waals surface area contributed by atoms with E-state index < -0.39 is 0 Å². The van der Waals surface area contributed by atoms with Crippen molar-refractivity contribution in [3.63, 3.8) is 0 Å². The van der Waals surface area contributed by atoms with Crippen LogP contribution >= 0.6 is 11.6 Å². The first kappa shape index (κ1) is 8.93. The molecule has 0 aromatic heterocycles. The lowest BCUT2D eigenvalue weighted by Gasteiger charge is -2.62. The van der Waals surface area contributed by atoms with Crippen LogP contribution in [0, 0.1) is 23.2 Å². The second-order valence-electron chi connectivity index (χ2n) is 5.08. The van der Waals surface area contributed by atoms with Gasteiger partial charge in [-0.3, -0.25) is 0 Å². The number of hydrogen-bond donors (Lipinski definition) is 0. The van der Waals surface area contributed by atoms with Crippen LogP contribution in [0.5, 0.6) is 0 Å². The molecule has 0 N–H and O–H groups in total. The SMILES string of the molecule is [B][C@@H]1CC2CC([C@H]1CCl)C2(C)C. The fourth-order valence-electron chi connectivity index (χ4n) is 3.21. The predicted molar refractivity (Wildman–Crippen MR) is 53.7 cm³/mol. The normalized spacial score (nSPS) is 49.9. The maximum Gasteiger partial charge on any atom is 0.0704 e. The van der Waals surface area contributed by atoms with Crippen molar-refractivity contribution in [3.05, 3.63) is 0 Å². The Labute approximate surface area is 81.5 Å². The summed E-state index contributed by atoms with van der Waals surface area (Å²) in [5.41, 5.74) is 0.523. The highest BCUT2D eigenvalue weighted by molar-refractivity contribution is 6.19. The predicted octanol–water partition coefficient (Wildman–Crippen LogP) is 2.86. The average molecular weight is 183 g/mol. The molecule has 0 aromatic carbocycles. The fraction of sp³-hybridized carbons (Fsp3) is 1.00. The Balaban J connectivity index is 2.15. The lowest BCUT2D eigenvalue weighted by atomic mass is 9.41. The molecule has 0 aliphatic heterocycles. The second kappa shape index (κ2) is 2.67. The molecule has 2 unspecified atom stereocenters. The minimum absolute atomic E-state index is 0.374. The van der Waals surface area contributed by atoms with Gasteiger partial charge in [0.05, 0.1) is 7.85 Å². The molecule has 2 radical (unpaired) electrons. The van der Waals surface area contributed by atoms with Crippen LogP contribution in [0.1, 0.15) is 26.7 Å². The number of alkyl halides is 1. The molecule has 4 atom stereocenters. The van der Waals surface area contributed by atoms with Gasteiger partial charge in [0.2, 0.25) is 0 Å². The van der Waals surface area contributed by atoms with Gasteiger partial charge in [-0.1, -0.05) is 26.1 Å². The van der Waals surface area contributed by atoms with Crippen molar-refractivity contribution >= 4 is 19.4 Å². The highest BCUT2D eigenvalue weighted by Gasteiger charge is 2.55. The van der Waals surface area contributed by atoms with Gasteiger partial charge in [0.25, 0.3) is 0 Å². The van der Waals surface area contributed by atoms with E-state index in [0.717, 1.165) is 17.7 Å². The molecule has 3 fully saturated rings. The lowest BCUT2D eigenvalue weighted by molar-refractivity contribution is -0.0969. The quantitative estimate of drug-likeness (QED) is 0.432. The summed E-state index contributed by atoms with van der Waals surface area (Å²) in [6.07, 6.45) is 2.57. The number of hydrogen-bond acceptors (Lipinski definition) is 0. The molecule has 2 bridgehead atoms. The van der Waals surface area contributed by atoms with Crippen LogP contribution in [0.4, 0.5) is 0 Å². The van der Waals surface area contributed by atoms with Crippen molar-refractivity contribution in [2.45, 2.75) is 32.5 Å². The Morgan fingerprint density at radius 2 is 2.08 bits per heavy atom. The van der Waals surface area contributed by atoms with Gasteiger partial charge in [0.1, 0.15) is 0 Å². The third-order valence-electron chi connectivity index (χ3n) is 4.35. The van der Waals surface area contributed by atoms with E-state index in [2.05, 4.69) is 13.8 Å². The molecule has 3 saturated carbocycles. The monoisotopic (exact) mass is 182 g/mol. The van der Waals surface area contributed by atoms with E-state index in [1.165, 1.54) is 12.8 Å². The molecule has 0 saturated heterocycles. The maximum absolute atomic E-state index is 6.05. The third-order valence-corrected chi connectivity index (χ3v) is 4.70. The van der Waals surface area contributed by atoms with E-state index in [9.17, 15) is 0 Å². The molecular formula is C10H16BCl. The smallest absolute Gasteiger partial charge is 0.0704 e. The molecule has 66 valence electrons. The van der Waals surface area contributed by atoms with Gasteiger partial charge >= 0.3 is 0 Å². The van der Waals surface area contributed by atoms with Crippen LogP contribution in [-0.2, 0) is 0 Å². The molecule has 0 amide bonds. The van der Waals surface area contributed by atoms with Crippen molar-refractivity contribution in [1.29, 1.82) is 0 Å². The van der Waals surface area contributed by atoms with E-state index in [0.29, 0.717) is 17.2 Å². The largest absolute Gasteiger partial charge is 0.126 e. The molecular weight excluding hydrogens is 166 g/mol. The standard InChI is InChI=1S/C10H16BCl/c1-10(2)6-3-8(10)7(5-12)9(11)4-6/h6-9H,3-5H2,1-2H3/t6?,7-,8?,9-/m1/s1. The molecule has 12 heavy (non-hydrogen) atoms. The summed E-state index contributed by atoms with van der Waals surface area (Å²) in [6, 6.07) is 0. The Hall–Kier alpha value is 0.355. The zero-order valence-electron chi connectivity index (χ0n) is 7.89. The Bertz CT molecular complexity index is 190. The van der Waals surface area contributed by atoms with Crippen LogP contribution < -0.4 is 0 Å². The fourth-order valence-corrected chi connectivity index (χ4v) is 3.65. The highest BCUT2D eigenvalue weighted by Crippen LogP contribution is 2.64. The van der Waals surface area contributed by atoms with Crippen LogP contribution in [0.2, 0.25) is 5.82 Å². The van der Waals surface area contributed by atoms with Crippen LogP contribution in [0.15, 0.2) is 0 Å². The Morgan fingerprint density at radius 3 is 2.50 bits per heavy atom. The van der Waals surface area contributed by atoms with Crippen LogP contribution in [0.3, 0.4) is 0 Å². The first-order valence-electron chi connectivity index (χ1n) is 4.89. The topological polar surface area (TPSA) is 0 Å². The van der Waals surface area contributed by atoms with Gasteiger partial charge in [-0.25, -0.2) is 0 Å². The minimum atomic E-state index is 0.374. The van der Waals surface area contributed by atoms with E-state index in [1.54, 1.807) is 0 Å². The summed E-state index contributed by atoms with van der Waals surface area (Å²) in [7, 11) is 6.05. The van der Waals surface area contributed by atoms with E-state index in [4.69, 9.17) is 19.4 Å². The number of halogens is 1. The summed E-state index contributed by atoms with van der Waals surface area (Å²) in [5, 5.41) is 0. The zero-order valence-corrected chi connectivity index (χ0v) is 8.64. The zero-order chi connectivity index (χ0) is 8.93. The van der Waals surface area contributed by atoms with E-state index in [1.807, 2.05) is 0 Å². The first-order chi connectivity index (χ1) is 5.57. The Kier molecular flexibility index (Phi) is 1.99. The summed E-state index contributed by atoms with van der Waals surface area (Å²) < 4.78 is 0. The number of rotatable bonds is 1. The summed E-state index contributed by atoms with van der Waals surface area (Å²) in [5.74, 6) is 3.37. The van der Waals surface area contributed by atoms with Gasteiger partial charge in [0, 0.05) is 5.88 Å². The molecule has 2 heteroatoms. The van der Waals surface area contributed by atoms with Crippen molar-refractivity contribution in [2.24, 2.45) is 23.2 Å². The lowest BCUT2D eigenvalue weighted by Crippen LogP contribution is -2.54. The molecule has 0 heterocycles. The van der Waals surface area contributed by atoms with Gasteiger partial charge in [0.15, 0.2) is 0 Å². The van der Waals surface area contributed by atoms with Crippen LogP contribution in [0.25, 0.3) is 0 Å². The van der Waals surface area contributed by atoms with Gasteiger partial charge < -0.3 is 0 Å². The highest BCUT2D eigenvalue weighted by atomic mass is 35.5. The molecule has 3 aliphatic rings. The van der Waals surface area contributed by atoms with Crippen molar-refractivity contribution in [2.75, 3.05) is 5.88 Å². The molecule has 0 spiro atoms. The summed E-state index contributed by atoms with van der Waals surface area (Å²) >= 11 is 5.94. The van der Waals surface area contributed by atoms with Gasteiger partial charge in [-0.15, -0.1) is 11.6 Å². The Morgan fingerprint density at radius 1 is 1.42 bits per heavy atom. The molecule has 3 aliphatic carbocycles. The molecule has 0 aromatic rings. The maximum atomic E-state index is 6.05. The summed E-state index contributed by atoms with van der Waals surface area (Å²) in [4.78, 5) is 0. The van der Waals surface area contributed by atoms with E-state index >= 15 is 0 Å². The minimum Gasteiger partial charge on any atom is -0.126 e. The number of fused-ring (bicyclic) bond motifs is 2. The second-order valence-corrected chi connectivity index (χ2v) is 5.39. The molecule has 0 nitrogen and oxygen atoms in total. The van der Waals surface area contributed by atoms with Gasteiger partial charge in [-0.2, -0.15) is 0 Å². The van der Waals surface area contributed by atoms with Crippen molar-refractivity contribution < 1.29 is 0 Å².